The smallest absolute Gasteiger partial charge is 0.329 e. The summed E-state index contributed by atoms with van der Waals surface area (Å²) in [5.41, 5.74) is 1.68. The zero-order valence-electron chi connectivity index (χ0n) is 18.2. The first-order chi connectivity index (χ1) is 15.3. The Morgan fingerprint density at radius 3 is 2.47 bits per heavy atom. The highest BCUT2D eigenvalue weighted by atomic mass is 16.5. The van der Waals surface area contributed by atoms with Crippen molar-refractivity contribution >= 4 is 23.3 Å². The number of anilines is 2. The number of carbonyl (C=O) groups is 2. The Labute approximate surface area is 186 Å². The number of amides is 3. The summed E-state index contributed by atoms with van der Waals surface area (Å²) in [6.45, 7) is 4.05. The molecule has 1 aliphatic heterocycles. The Kier molecular flexibility index (Phi) is 5.59. The molecule has 0 saturated heterocycles. The zero-order chi connectivity index (χ0) is 22.9. The number of aryl methyl sites for hydroxylation is 2. The molecule has 7 nitrogen and oxygen atoms in total. The largest absolute Gasteiger partial charge is 0.497 e. The minimum atomic E-state index is -2.23. The van der Waals surface area contributed by atoms with E-state index in [1.165, 1.54) is 0 Å². The number of urea groups is 1. The van der Waals surface area contributed by atoms with E-state index in [4.69, 9.17) is 4.74 Å². The molecule has 3 aromatic carbocycles. The Morgan fingerprint density at radius 2 is 1.78 bits per heavy atom. The van der Waals surface area contributed by atoms with Gasteiger partial charge in [-0.3, -0.25) is 9.69 Å². The summed E-state index contributed by atoms with van der Waals surface area (Å²) in [6, 6.07) is 18.8. The van der Waals surface area contributed by atoms with Crippen LogP contribution in [-0.2, 0) is 17.1 Å². The molecule has 1 aliphatic rings. The lowest BCUT2D eigenvalue weighted by Gasteiger charge is -2.42. The molecule has 4 rings (SSSR count). The molecule has 0 aliphatic carbocycles. The average molecular weight is 431 g/mol. The second kappa shape index (κ2) is 8.36. The molecule has 0 fully saturated rings. The molecule has 0 aromatic heterocycles. The highest BCUT2D eigenvalue weighted by Crippen LogP contribution is 2.40. The molecule has 0 spiro atoms. The fraction of sp³-hybridized carbons (Fsp3) is 0.200. The van der Waals surface area contributed by atoms with Crippen molar-refractivity contribution in [3.05, 3.63) is 89.0 Å². The lowest BCUT2D eigenvalue weighted by atomic mass is 9.94. The lowest BCUT2D eigenvalue weighted by Crippen LogP contribution is -2.62. The van der Waals surface area contributed by atoms with Crippen LogP contribution in [0.1, 0.15) is 22.3 Å². The molecule has 1 atom stereocenters. The summed E-state index contributed by atoms with van der Waals surface area (Å²) in [5, 5.41) is 17.4. The monoisotopic (exact) mass is 431 g/mol. The topological polar surface area (TPSA) is 90.9 Å². The molecule has 1 heterocycles. The highest BCUT2D eigenvalue weighted by molar-refractivity contribution is 6.11. The van der Waals surface area contributed by atoms with Crippen LogP contribution in [0.5, 0.6) is 5.75 Å². The summed E-state index contributed by atoms with van der Waals surface area (Å²) < 4.78 is 5.16. The number of methoxy groups -OCH3 is 1. The summed E-state index contributed by atoms with van der Waals surface area (Å²) >= 11 is 0. The zero-order valence-corrected chi connectivity index (χ0v) is 18.2. The molecule has 32 heavy (non-hydrogen) atoms. The van der Waals surface area contributed by atoms with Crippen molar-refractivity contribution in [1.29, 1.82) is 0 Å². The van der Waals surface area contributed by atoms with Gasteiger partial charge in [-0.15, -0.1) is 0 Å². The fourth-order valence-corrected chi connectivity index (χ4v) is 3.78. The quantitative estimate of drug-likeness (QED) is 0.573. The van der Waals surface area contributed by atoms with E-state index in [9.17, 15) is 14.7 Å². The third-order valence-electron chi connectivity index (χ3n) is 5.75. The second-order valence-corrected chi connectivity index (χ2v) is 7.78. The Bertz CT molecular complexity index is 1180. The summed E-state index contributed by atoms with van der Waals surface area (Å²) in [5.74, 6) is 0.00588. The molecule has 1 unspecified atom stereocenters. The number of nitrogens with one attached hydrogen (secondary N) is 2. The number of aliphatic hydroxyl groups is 1. The van der Waals surface area contributed by atoms with E-state index in [2.05, 4.69) is 10.6 Å². The van der Waals surface area contributed by atoms with Gasteiger partial charge in [0.25, 0.3) is 11.6 Å². The Hall–Kier alpha value is -3.84. The molecule has 0 saturated carbocycles. The second-order valence-electron chi connectivity index (χ2n) is 7.78. The molecule has 3 N–H and O–H groups in total. The Morgan fingerprint density at radius 1 is 1.06 bits per heavy atom. The molecule has 0 bridgehead atoms. The number of hydrogen-bond acceptors (Lipinski definition) is 4. The van der Waals surface area contributed by atoms with Crippen molar-refractivity contribution in [2.24, 2.45) is 0 Å². The van der Waals surface area contributed by atoms with E-state index < -0.39 is 17.7 Å². The maximum Gasteiger partial charge on any atom is 0.329 e. The van der Waals surface area contributed by atoms with Crippen LogP contribution in [-0.4, -0.2) is 24.2 Å². The minimum absolute atomic E-state index is 0.176. The van der Waals surface area contributed by atoms with Crippen molar-refractivity contribution in [2.75, 3.05) is 17.3 Å². The van der Waals surface area contributed by atoms with Crippen molar-refractivity contribution in [3.8, 4) is 5.75 Å². The van der Waals surface area contributed by atoms with Crippen LogP contribution in [0.4, 0.5) is 16.2 Å². The molecule has 7 heteroatoms. The predicted octanol–water partition coefficient (Wildman–Crippen LogP) is 3.83. The summed E-state index contributed by atoms with van der Waals surface area (Å²) in [6.07, 6.45) is 0. The van der Waals surface area contributed by atoms with Crippen molar-refractivity contribution in [2.45, 2.75) is 26.1 Å². The summed E-state index contributed by atoms with van der Waals surface area (Å²) in [4.78, 5) is 27.6. The van der Waals surface area contributed by atoms with Gasteiger partial charge in [0, 0.05) is 17.8 Å². The standard InChI is InChI=1S/C25H25N3O4/c1-16-8-11-19(14-17(16)2)28-24(30)27-22-7-5-4-6-21(22)25(28,31)23(29)26-15-18-9-12-20(32-3)13-10-18/h4-14,31H,15H2,1-3H3,(H,26,29)(H,27,30). The lowest BCUT2D eigenvalue weighted by molar-refractivity contribution is -0.140. The van der Waals surface area contributed by atoms with Gasteiger partial charge in [0.05, 0.1) is 12.8 Å². The minimum Gasteiger partial charge on any atom is -0.497 e. The van der Waals surface area contributed by atoms with E-state index in [-0.39, 0.29) is 6.54 Å². The number of hydrogen-bond donors (Lipinski definition) is 3. The van der Waals surface area contributed by atoms with Gasteiger partial charge in [-0.1, -0.05) is 36.4 Å². The third kappa shape index (κ3) is 3.67. The van der Waals surface area contributed by atoms with Crippen LogP contribution in [0.2, 0.25) is 0 Å². The van der Waals surface area contributed by atoms with E-state index in [1.54, 1.807) is 55.6 Å². The maximum atomic E-state index is 13.5. The van der Waals surface area contributed by atoms with Crippen LogP contribution in [0.3, 0.4) is 0 Å². The van der Waals surface area contributed by atoms with Crippen molar-refractivity contribution in [1.82, 2.24) is 5.32 Å². The van der Waals surface area contributed by atoms with Gasteiger partial charge in [-0.2, -0.15) is 0 Å². The molecule has 3 aromatic rings. The first-order valence-electron chi connectivity index (χ1n) is 10.3. The molecular formula is C25H25N3O4. The average Bonchev–Trinajstić information content (AvgIpc) is 2.80. The number of nitrogens with zero attached hydrogens (tertiary/aromatic N) is 1. The van der Waals surface area contributed by atoms with Crippen molar-refractivity contribution in [3.63, 3.8) is 0 Å². The van der Waals surface area contributed by atoms with Crippen LogP contribution in [0, 0.1) is 13.8 Å². The Balaban J connectivity index is 1.73. The van der Waals surface area contributed by atoms with Gasteiger partial charge in [-0.25, -0.2) is 4.79 Å². The van der Waals surface area contributed by atoms with Crippen LogP contribution >= 0.6 is 0 Å². The van der Waals surface area contributed by atoms with Gasteiger partial charge in [0.2, 0.25) is 0 Å². The molecular weight excluding hydrogens is 406 g/mol. The van der Waals surface area contributed by atoms with Crippen molar-refractivity contribution < 1.29 is 19.4 Å². The SMILES string of the molecule is COc1ccc(CNC(=O)C2(O)c3ccccc3NC(=O)N2c2ccc(C)c(C)c2)cc1. The van der Waals surface area contributed by atoms with Crippen LogP contribution in [0.25, 0.3) is 0 Å². The molecule has 0 radical (unpaired) electrons. The number of fused-ring (bicyclic) bond motifs is 1. The number of para-hydroxylation sites is 1. The van der Waals surface area contributed by atoms with E-state index >= 15 is 0 Å². The first kappa shape index (κ1) is 21.4. The van der Waals surface area contributed by atoms with Gasteiger partial charge < -0.3 is 20.5 Å². The molecule has 3 amide bonds. The van der Waals surface area contributed by atoms with Gasteiger partial charge in [0.1, 0.15) is 5.75 Å². The van der Waals surface area contributed by atoms with Gasteiger partial charge in [0.15, 0.2) is 0 Å². The van der Waals surface area contributed by atoms with Gasteiger partial charge >= 0.3 is 6.03 Å². The summed E-state index contributed by atoms with van der Waals surface area (Å²) in [7, 11) is 1.58. The molecule has 164 valence electrons. The first-order valence-corrected chi connectivity index (χ1v) is 10.3. The third-order valence-corrected chi connectivity index (χ3v) is 5.75. The van der Waals surface area contributed by atoms with Crippen LogP contribution < -0.4 is 20.3 Å². The predicted molar refractivity (Wildman–Crippen MR) is 123 cm³/mol. The number of rotatable bonds is 5. The maximum absolute atomic E-state index is 13.5. The number of benzene rings is 3. The fourth-order valence-electron chi connectivity index (χ4n) is 3.78. The van der Waals surface area contributed by atoms with Crippen LogP contribution in [0.15, 0.2) is 66.7 Å². The van der Waals surface area contributed by atoms with E-state index in [0.29, 0.717) is 22.7 Å². The highest BCUT2D eigenvalue weighted by Gasteiger charge is 2.51. The normalized spacial score (nSPS) is 17.4. The van der Waals surface area contributed by atoms with Gasteiger partial charge in [-0.05, 0) is 60.9 Å². The van der Waals surface area contributed by atoms with E-state index in [1.807, 2.05) is 32.0 Å². The number of carbonyl (C=O) groups excluding carboxylic acids is 2. The number of ether oxygens (including phenoxy) is 1. The van der Waals surface area contributed by atoms with E-state index in [0.717, 1.165) is 21.6 Å².